The number of nitriles is 1. The third-order valence-electron chi connectivity index (χ3n) is 2.53. The van der Waals surface area contributed by atoms with Crippen LogP contribution in [0.2, 0.25) is 0 Å². The molecule has 0 spiro atoms. The number of nitrogens with zero attached hydrogens (tertiary/aromatic N) is 2. The van der Waals surface area contributed by atoms with Crippen molar-refractivity contribution in [3.63, 3.8) is 0 Å². The monoisotopic (exact) mass is 268 g/mol. The van der Waals surface area contributed by atoms with Crippen molar-refractivity contribution in [2.24, 2.45) is 0 Å². The summed E-state index contributed by atoms with van der Waals surface area (Å²) >= 11 is 0. The van der Waals surface area contributed by atoms with Crippen LogP contribution in [0.15, 0.2) is 29.2 Å². The van der Waals surface area contributed by atoms with Gasteiger partial charge in [0.05, 0.1) is 24.0 Å². The van der Waals surface area contributed by atoms with E-state index < -0.39 is 10.0 Å². The maximum atomic E-state index is 12.1. The van der Waals surface area contributed by atoms with Crippen molar-refractivity contribution in [3.8, 4) is 6.07 Å². The molecule has 6 heteroatoms. The Morgan fingerprint density at radius 2 is 1.94 bits per heavy atom. The van der Waals surface area contributed by atoms with Crippen LogP contribution < -0.4 is 0 Å². The van der Waals surface area contributed by atoms with Gasteiger partial charge in [0.15, 0.2) is 0 Å². The first-order valence-electron chi connectivity index (χ1n) is 5.43. The van der Waals surface area contributed by atoms with E-state index in [1.54, 1.807) is 12.1 Å². The summed E-state index contributed by atoms with van der Waals surface area (Å²) in [4.78, 5) is 0.225. The highest BCUT2D eigenvalue weighted by Gasteiger charge is 2.19. The van der Waals surface area contributed by atoms with Crippen LogP contribution in [0.5, 0.6) is 0 Å². The van der Waals surface area contributed by atoms with Crippen LogP contribution in [0.25, 0.3) is 0 Å². The van der Waals surface area contributed by atoms with E-state index in [0.717, 1.165) is 5.56 Å². The number of hydrogen-bond donors (Lipinski definition) is 0. The molecule has 0 aliphatic heterocycles. The Labute approximate surface area is 108 Å². The van der Waals surface area contributed by atoms with Crippen LogP contribution in [0.1, 0.15) is 5.56 Å². The van der Waals surface area contributed by atoms with Gasteiger partial charge in [-0.15, -0.1) is 0 Å². The smallest absolute Gasteiger partial charge is 0.242 e. The second-order valence-electron chi connectivity index (χ2n) is 3.80. The lowest BCUT2D eigenvalue weighted by Gasteiger charge is -2.16. The highest BCUT2D eigenvalue weighted by molar-refractivity contribution is 7.89. The van der Waals surface area contributed by atoms with Gasteiger partial charge in [-0.2, -0.15) is 9.57 Å². The molecule has 0 atom stereocenters. The highest BCUT2D eigenvalue weighted by atomic mass is 32.2. The Morgan fingerprint density at radius 1 is 1.33 bits per heavy atom. The molecule has 0 saturated heterocycles. The van der Waals surface area contributed by atoms with Gasteiger partial charge in [0.2, 0.25) is 10.0 Å². The summed E-state index contributed by atoms with van der Waals surface area (Å²) in [7, 11) is -0.436. The number of hydrogen-bond acceptors (Lipinski definition) is 4. The zero-order valence-electron chi connectivity index (χ0n) is 10.5. The second-order valence-corrected chi connectivity index (χ2v) is 5.84. The quantitative estimate of drug-likeness (QED) is 0.772. The molecule has 0 heterocycles. The lowest BCUT2D eigenvalue weighted by atomic mass is 10.2. The summed E-state index contributed by atoms with van der Waals surface area (Å²) in [6.07, 6.45) is 0.278. The molecule has 1 aromatic rings. The fraction of sp³-hybridized carbons (Fsp3) is 0.417. The molecular formula is C12H16N2O3S. The topological polar surface area (TPSA) is 70.4 Å². The van der Waals surface area contributed by atoms with Crippen LogP contribution in [0.4, 0.5) is 0 Å². The number of methoxy groups -OCH3 is 1. The minimum atomic E-state index is -3.47. The molecule has 0 saturated carbocycles. The maximum absolute atomic E-state index is 12.1. The van der Waals surface area contributed by atoms with Gasteiger partial charge < -0.3 is 4.74 Å². The molecule has 1 rings (SSSR count). The molecule has 98 valence electrons. The SMILES string of the molecule is COCCN(C)S(=O)(=O)c1ccc(CC#N)cc1. The van der Waals surface area contributed by atoms with Gasteiger partial charge in [-0.05, 0) is 17.7 Å². The minimum Gasteiger partial charge on any atom is -0.383 e. The van der Waals surface area contributed by atoms with Gasteiger partial charge in [-0.25, -0.2) is 8.42 Å². The van der Waals surface area contributed by atoms with E-state index in [1.807, 2.05) is 6.07 Å². The molecule has 18 heavy (non-hydrogen) atoms. The largest absolute Gasteiger partial charge is 0.383 e. The normalized spacial score (nSPS) is 11.4. The second kappa shape index (κ2) is 6.50. The van der Waals surface area contributed by atoms with E-state index in [-0.39, 0.29) is 11.3 Å². The third-order valence-corrected chi connectivity index (χ3v) is 4.40. The van der Waals surface area contributed by atoms with E-state index in [4.69, 9.17) is 10.00 Å². The first-order chi connectivity index (χ1) is 8.52. The zero-order valence-corrected chi connectivity index (χ0v) is 11.3. The molecule has 0 N–H and O–H groups in total. The van der Waals surface area contributed by atoms with Gasteiger partial charge in [0, 0.05) is 20.7 Å². The Balaban J connectivity index is 2.88. The van der Waals surface area contributed by atoms with Crippen molar-refractivity contribution >= 4 is 10.0 Å². The van der Waals surface area contributed by atoms with Gasteiger partial charge in [-0.1, -0.05) is 12.1 Å². The summed E-state index contributed by atoms with van der Waals surface area (Å²) in [6, 6.07) is 8.36. The van der Waals surface area contributed by atoms with E-state index >= 15 is 0 Å². The van der Waals surface area contributed by atoms with Crippen molar-refractivity contribution in [2.45, 2.75) is 11.3 Å². The minimum absolute atomic E-state index is 0.225. The van der Waals surface area contributed by atoms with Crippen molar-refractivity contribution < 1.29 is 13.2 Å². The summed E-state index contributed by atoms with van der Waals surface area (Å²) < 4.78 is 30.3. The van der Waals surface area contributed by atoms with E-state index in [0.29, 0.717) is 13.2 Å². The Bertz CT molecular complexity index is 517. The predicted molar refractivity (Wildman–Crippen MR) is 67.5 cm³/mol. The molecule has 0 bridgehead atoms. The zero-order chi connectivity index (χ0) is 13.6. The van der Waals surface area contributed by atoms with Crippen LogP contribution in [0, 0.1) is 11.3 Å². The number of benzene rings is 1. The van der Waals surface area contributed by atoms with Crippen molar-refractivity contribution in [2.75, 3.05) is 27.3 Å². The molecule has 0 unspecified atom stereocenters. The standard InChI is InChI=1S/C12H16N2O3S/c1-14(9-10-17-2)18(15,16)12-5-3-11(4-6-12)7-8-13/h3-6H,7,9-10H2,1-2H3. The molecule has 1 aromatic carbocycles. The van der Waals surface area contributed by atoms with Gasteiger partial charge >= 0.3 is 0 Å². The van der Waals surface area contributed by atoms with Crippen molar-refractivity contribution in [1.82, 2.24) is 4.31 Å². The number of likely N-dealkylation sites (N-methyl/N-ethyl adjacent to an activating group) is 1. The molecule has 0 aliphatic rings. The van der Waals surface area contributed by atoms with E-state index in [1.165, 1.54) is 30.6 Å². The van der Waals surface area contributed by atoms with Gasteiger partial charge in [0.25, 0.3) is 0 Å². The Morgan fingerprint density at radius 3 is 2.44 bits per heavy atom. The fourth-order valence-electron chi connectivity index (χ4n) is 1.39. The Hall–Kier alpha value is -1.42. The van der Waals surface area contributed by atoms with Crippen LogP contribution in [0.3, 0.4) is 0 Å². The molecule has 0 radical (unpaired) electrons. The maximum Gasteiger partial charge on any atom is 0.242 e. The molecule has 5 nitrogen and oxygen atoms in total. The first-order valence-corrected chi connectivity index (χ1v) is 6.87. The molecule has 0 aromatic heterocycles. The van der Waals surface area contributed by atoms with Gasteiger partial charge in [0.1, 0.15) is 0 Å². The number of sulfonamides is 1. The van der Waals surface area contributed by atoms with Crippen LogP contribution in [-0.4, -0.2) is 40.0 Å². The lowest BCUT2D eigenvalue weighted by molar-refractivity contribution is 0.185. The highest BCUT2D eigenvalue weighted by Crippen LogP contribution is 2.15. The van der Waals surface area contributed by atoms with Gasteiger partial charge in [-0.3, -0.25) is 0 Å². The third kappa shape index (κ3) is 3.53. The molecule has 0 aliphatic carbocycles. The van der Waals surface area contributed by atoms with Crippen molar-refractivity contribution in [3.05, 3.63) is 29.8 Å². The van der Waals surface area contributed by atoms with Crippen molar-refractivity contribution in [1.29, 1.82) is 5.26 Å². The predicted octanol–water partition coefficient (Wildman–Crippen LogP) is 1.02. The summed E-state index contributed by atoms with van der Waals surface area (Å²) in [5.74, 6) is 0. The average molecular weight is 268 g/mol. The molecular weight excluding hydrogens is 252 g/mol. The summed E-state index contributed by atoms with van der Waals surface area (Å²) in [5.41, 5.74) is 0.802. The number of ether oxygens (including phenoxy) is 1. The fourth-order valence-corrected chi connectivity index (χ4v) is 2.55. The van der Waals surface area contributed by atoms with Crippen LogP contribution >= 0.6 is 0 Å². The summed E-state index contributed by atoms with van der Waals surface area (Å²) in [5, 5.41) is 8.54. The summed E-state index contributed by atoms with van der Waals surface area (Å²) in [6.45, 7) is 0.654. The van der Waals surface area contributed by atoms with E-state index in [2.05, 4.69) is 0 Å². The molecule has 0 fully saturated rings. The first kappa shape index (κ1) is 14.6. The lowest BCUT2D eigenvalue weighted by Crippen LogP contribution is -2.30. The average Bonchev–Trinajstić information content (AvgIpc) is 2.37. The van der Waals surface area contributed by atoms with E-state index in [9.17, 15) is 8.42 Å². The Kier molecular flexibility index (Phi) is 5.28. The number of rotatable bonds is 6. The van der Waals surface area contributed by atoms with Crippen LogP contribution in [-0.2, 0) is 21.2 Å². The molecule has 0 amide bonds.